The van der Waals surface area contributed by atoms with Crippen molar-refractivity contribution in [2.75, 3.05) is 18.0 Å². The Morgan fingerprint density at radius 2 is 2.21 bits per heavy atom. The molecule has 2 aliphatic carbocycles. The molecule has 2 fully saturated rings. The van der Waals surface area contributed by atoms with E-state index < -0.39 is 0 Å². The Labute approximate surface area is 117 Å². The summed E-state index contributed by atoms with van der Waals surface area (Å²) >= 11 is 1.72. The molecule has 0 atom stereocenters. The lowest BCUT2D eigenvalue weighted by atomic mass is 10.2. The molecule has 102 valence electrons. The Bertz CT molecular complexity index is 579. The average molecular weight is 276 g/mol. The minimum absolute atomic E-state index is 0.693. The average Bonchev–Trinajstić information content (AvgIpc) is 3.30. The molecule has 4 rings (SSSR count). The summed E-state index contributed by atoms with van der Waals surface area (Å²) in [6.07, 6.45) is 8.51. The zero-order chi connectivity index (χ0) is 12.8. The van der Waals surface area contributed by atoms with Crippen molar-refractivity contribution in [2.45, 2.75) is 38.1 Å². The van der Waals surface area contributed by atoms with Crippen molar-refractivity contribution < 1.29 is 0 Å². The molecular formula is C14H20N4S. The molecule has 2 heterocycles. The molecular weight excluding hydrogens is 256 g/mol. The summed E-state index contributed by atoms with van der Waals surface area (Å²) in [5.74, 6) is 2.12. The number of aromatic nitrogens is 2. The van der Waals surface area contributed by atoms with Crippen LogP contribution in [0.3, 0.4) is 0 Å². The minimum Gasteiger partial charge on any atom is -0.352 e. The van der Waals surface area contributed by atoms with Crippen LogP contribution in [0.4, 0.5) is 5.82 Å². The Morgan fingerprint density at radius 3 is 2.89 bits per heavy atom. The Hall–Kier alpha value is -1.07. The molecule has 0 amide bonds. The molecule has 0 spiro atoms. The maximum atomic E-state index is 5.80. The smallest absolute Gasteiger partial charge is 0.195 e. The number of imidazole rings is 1. The van der Waals surface area contributed by atoms with E-state index in [1.165, 1.54) is 43.7 Å². The van der Waals surface area contributed by atoms with Crippen LogP contribution in [-0.2, 0) is 6.42 Å². The lowest BCUT2D eigenvalue weighted by Crippen LogP contribution is -2.29. The number of hydrogen-bond donors (Lipinski definition) is 1. The number of fused-ring (bicyclic) bond motifs is 1. The molecule has 0 saturated heterocycles. The molecule has 0 aromatic carbocycles. The zero-order valence-corrected chi connectivity index (χ0v) is 11.9. The summed E-state index contributed by atoms with van der Waals surface area (Å²) in [6, 6.07) is 0.738. The maximum absolute atomic E-state index is 5.80. The third kappa shape index (κ3) is 2.15. The van der Waals surface area contributed by atoms with E-state index in [9.17, 15) is 0 Å². The molecule has 5 heteroatoms. The Balaban J connectivity index is 1.73. The SMILES string of the molecule is NCCc1c(N(CC2CC2)C2CC2)nc2sccn12. The van der Waals surface area contributed by atoms with Crippen molar-refractivity contribution in [2.24, 2.45) is 11.7 Å². The van der Waals surface area contributed by atoms with Gasteiger partial charge in [0, 0.05) is 30.6 Å². The molecule has 19 heavy (non-hydrogen) atoms. The van der Waals surface area contributed by atoms with Crippen LogP contribution < -0.4 is 10.6 Å². The fourth-order valence-corrected chi connectivity index (χ4v) is 3.52. The topological polar surface area (TPSA) is 46.6 Å². The van der Waals surface area contributed by atoms with Crippen molar-refractivity contribution in [3.8, 4) is 0 Å². The van der Waals surface area contributed by atoms with E-state index in [1.807, 2.05) is 0 Å². The van der Waals surface area contributed by atoms with Crippen molar-refractivity contribution in [3.05, 3.63) is 17.3 Å². The Kier molecular flexibility index (Phi) is 2.77. The summed E-state index contributed by atoms with van der Waals surface area (Å²) < 4.78 is 2.23. The fraction of sp³-hybridized carbons (Fsp3) is 0.643. The van der Waals surface area contributed by atoms with Crippen LogP contribution in [0.15, 0.2) is 11.6 Å². The third-order valence-corrected chi connectivity index (χ3v) is 4.89. The largest absolute Gasteiger partial charge is 0.352 e. The van der Waals surface area contributed by atoms with Crippen molar-refractivity contribution in [1.29, 1.82) is 0 Å². The zero-order valence-electron chi connectivity index (χ0n) is 11.1. The van der Waals surface area contributed by atoms with Crippen molar-refractivity contribution in [1.82, 2.24) is 9.38 Å². The lowest BCUT2D eigenvalue weighted by Gasteiger charge is -2.23. The number of anilines is 1. The van der Waals surface area contributed by atoms with Gasteiger partial charge in [-0.2, -0.15) is 0 Å². The van der Waals surface area contributed by atoms with Gasteiger partial charge in [-0.25, -0.2) is 4.98 Å². The summed E-state index contributed by atoms with van der Waals surface area (Å²) in [5, 5.41) is 2.11. The van der Waals surface area contributed by atoms with Gasteiger partial charge in [-0.3, -0.25) is 4.40 Å². The number of nitrogens with two attached hydrogens (primary N) is 1. The van der Waals surface area contributed by atoms with E-state index in [4.69, 9.17) is 10.7 Å². The highest BCUT2D eigenvalue weighted by atomic mass is 32.1. The highest BCUT2D eigenvalue weighted by Crippen LogP contribution is 2.39. The van der Waals surface area contributed by atoms with Gasteiger partial charge < -0.3 is 10.6 Å². The van der Waals surface area contributed by atoms with Crippen LogP contribution in [0.1, 0.15) is 31.4 Å². The predicted octanol–water partition coefficient (Wildman–Crippen LogP) is 2.28. The van der Waals surface area contributed by atoms with Crippen LogP contribution in [0.25, 0.3) is 4.96 Å². The monoisotopic (exact) mass is 276 g/mol. The quantitative estimate of drug-likeness (QED) is 0.880. The molecule has 2 aromatic rings. The van der Waals surface area contributed by atoms with Crippen molar-refractivity contribution in [3.63, 3.8) is 0 Å². The molecule has 0 aliphatic heterocycles. The lowest BCUT2D eigenvalue weighted by molar-refractivity contribution is 0.704. The van der Waals surface area contributed by atoms with Gasteiger partial charge >= 0.3 is 0 Å². The maximum Gasteiger partial charge on any atom is 0.195 e. The third-order valence-electron chi connectivity index (χ3n) is 4.13. The van der Waals surface area contributed by atoms with Gasteiger partial charge in [0.15, 0.2) is 10.8 Å². The second kappa shape index (κ2) is 4.49. The van der Waals surface area contributed by atoms with E-state index in [0.717, 1.165) is 23.3 Å². The molecule has 4 nitrogen and oxygen atoms in total. The van der Waals surface area contributed by atoms with E-state index in [-0.39, 0.29) is 0 Å². The van der Waals surface area contributed by atoms with E-state index >= 15 is 0 Å². The number of hydrogen-bond acceptors (Lipinski definition) is 4. The van der Waals surface area contributed by atoms with Gasteiger partial charge in [0.25, 0.3) is 0 Å². The van der Waals surface area contributed by atoms with Crippen LogP contribution >= 0.6 is 11.3 Å². The molecule has 2 aromatic heterocycles. The minimum atomic E-state index is 0.693. The predicted molar refractivity (Wildman–Crippen MR) is 78.9 cm³/mol. The highest BCUT2D eigenvalue weighted by Gasteiger charge is 2.36. The van der Waals surface area contributed by atoms with Crippen LogP contribution in [-0.4, -0.2) is 28.5 Å². The van der Waals surface area contributed by atoms with Gasteiger partial charge in [-0.15, -0.1) is 11.3 Å². The van der Waals surface area contributed by atoms with Crippen LogP contribution in [0, 0.1) is 5.92 Å². The number of rotatable bonds is 6. The first kappa shape index (κ1) is 11.7. The standard InChI is InChI=1S/C14H20N4S/c15-6-5-12-13(16-14-17(12)7-8-19-14)18(11-3-4-11)9-10-1-2-10/h7-8,10-11H,1-6,9,15H2. The summed E-state index contributed by atoms with van der Waals surface area (Å²) in [4.78, 5) is 8.57. The summed E-state index contributed by atoms with van der Waals surface area (Å²) in [5.41, 5.74) is 7.11. The number of nitrogens with zero attached hydrogens (tertiary/aromatic N) is 3. The van der Waals surface area contributed by atoms with Crippen LogP contribution in [0.5, 0.6) is 0 Å². The molecule has 2 N–H and O–H groups in total. The summed E-state index contributed by atoms with van der Waals surface area (Å²) in [6.45, 7) is 1.89. The second-order valence-electron chi connectivity index (χ2n) is 5.80. The van der Waals surface area contributed by atoms with Gasteiger partial charge in [0.1, 0.15) is 0 Å². The van der Waals surface area contributed by atoms with E-state index in [1.54, 1.807) is 11.3 Å². The molecule has 0 bridgehead atoms. The van der Waals surface area contributed by atoms with E-state index in [2.05, 4.69) is 20.9 Å². The van der Waals surface area contributed by atoms with Gasteiger partial charge in [0.2, 0.25) is 0 Å². The first-order valence-corrected chi connectivity index (χ1v) is 8.16. The van der Waals surface area contributed by atoms with Crippen molar-refractivity contribution >= 4 is 22.1 Å². The van der Waals surface area contributed by atoms with Gasteiger partial charge in [-0.05, 0) is 38.1 Å². The first-order valence-electron chi connectivity index (χ1n) is 7.28. The first-order chi connectivity index (χ1) is 9.36. The van der Waals surface area contributed by atoms with E-state index in [0.29, 0.717) is 6.54 Å². The normalized spacial score (nSPS) is 19.2. The Morgan fingerprint density at radius 1 is 1.37 bits per heavy atom. The molecule has 0 radical (unpaired) electrons. The molecule has 2 aliphatic rings. The molecule has 0 unspecified atom stereocenters. The second-order valence-corrected chi connectivity index (χ2v) is 6.68. The summed E-state index contributed by atoms with van der Waals surface area (Å²) in [7, 11) is 0. The fourth-order valence-electron chi connectivity index (χ4n) is 2.79. The highest BCUT2D eigenvalue weighted by molar-refractivity contribution is 7.15. The number of thiazole rings is 1. The van der Waals surface area contributed by atoms with Gasteiger partial charge in [0.05, 0.1) is 5.69 Å². The van der Waals surface area contributed by atoms with Gasteiger partial charge in [-0.1, -0.05) is 0 Å². The molecule has 2 saturated carbocycles. The van der Waals surface area contributed by atoms with Crippen LogP contribution in [0.2, 0.25) is 0 Å².